The summed E-state index contributed by atoms with van der Waals surface area (Å²) in [5.41, 5.74) is 1.94. The smallest absolute Gasteiger partial charge is 0.169 e. The monoisotopic (exact) mass is 232 g/mol. The molecule has 0 amide bonds. The Bertz CT molecular complexity index is 433. The van der Waals surface area contributed by atoms with Crippen LogP contribution in [0, 0.1) is 5.92 Å². The summed E-state index contributed by atoms with van der Waals surface area (Å²) in [4.78, 5) is 12.4. The fraction of sp³-hybridized carbons (Fsp3) is 0.500. The Hall–Kier alpha value is -1.35. The van der Waals surface area contributed by atoms with Crippen molar-refractivity contribution in [3.8, 4) is 5.75 Å². The van der Waals surface area contributed by atoms with Crippen LogP contribution < -0.4 is 4.74 Å². The highest BCUT2D eigenvalue weighted by molar-refractivity contribution is 6.00. The van der Waals surface area contributed by atoms with Crippen molar-refractivity contribution in [2.24, 2.45) is 5.92 Å². The summed E-state index contributed by atoms with van der Waals surface area (Å²) in [6.45, 7) is 2.10. The zero-order valence-electron chi connectivity index (χ0n) is 9.78. The summed E-state index contributed by atoms with van der Waals surface area (Å²) in [7, 11) is 0. The molecule has 1 aromatic carbocycles. The molecule has 0 N–H and O–H groups in total. The van der Waals surface area contributed by atoms with Gasteiger partial charge in [-0.1, -0.05) is 12.1 Å². The Morgan fingerprint density at radius 2 is 2.00 bits per heavy atom. The standard InChI is InChI=1S/C14H16O3/c15-13(10-4-7-16-8-5-10)12-3-1-2-11-6-9-17-14(11)12/h1-3,10H,4-9H2. The number of Topliss-reactive ketones (excluding diaryl/α,β-unsaturated/α-hetero) is 1. The first kappa shape index (κ1) is 10.8. The van der Waals surface area contributed by atoms with Gasteiger partial charge in [0.1, 0.15) is 5.75 Å². The van der Waals surface area contributed by atoms with Crippen LogP contribution in [-0.2, 0) is 11.2 Å². The fourth-order valence-electron chi connectivity index (χ4n) is 2.59. The number of ketones is 1. The van der Waals surface area contributed by atoms with Gasteiger partial charge >= 0.3 is 0 Å². The average molecular weight is 232 g/mol. The fourth-order valence-corrected chi connectivity index (χ4v) is 2.59. The number of rotatable bonds is 2. The molecule has 0 unspecified atom stereocenters. The average Bonchev–Trinajstić information content (AvgIpc) is 2.87. The molecule has 2 heterocycles. The molecule has 0 saturated carbocycles. The molecule has 0 bridgehead atoms. The third-order valence-corrected chi connectivity index (χ3v) is 3.57. The lowest BCUT2D eigenvalue weighted by Gasteiger charge is -2.21. The molecule has 1 saturated heterocycles. The molecule has 0 spiro atoms. The second-order valence-electron chi connectivity index (χ2n) is 4.64. The molecule has 3 heteroatoms. The van der Waals surface area contributed by atoms with Crippen molar-refractivity contribution in [3.05, 3.63) is 29.3 Å². The Kier molecular flexibility index (Phi) is 2.85. The van der Waals surface area contributed by atoms with Crippen molar-refractivity contribution in [2.45, 2.75) is 19.3 Å². The summed E-state index contributed by atoms with van der Waals surface area (Å²) in [6.07, 6.45) is 2.59. The third kappa shape index (κ3) is 1.95. The molecule has 1 fully saturated rings. The van der Waals surface area contributed by atoms with Gasteiger partial charge in [-0.3, -0.25) is 4.79 Å². The van der Waals surface area contributed by atoms with Crippen LogP contribution in [-0.4, -0.2) is 25.6 Å². The SMILES string of the molecule is O=C(c1cccc2c1OCC2)C1CCOCC1. The van der Waals surface area contributed by atoms with Gasteiger partial charge in [-0.2, -0.15) is 0 Å². The van der Waals surface area contributed by atoms with E-state index in [4.69, 9.17) is 9.47 Å². The van der Waals surface area contributed by atoms with Crippen molar-refractivity contribution < 1.29 is 14.3 Å². The molecule has 0 aliphatic carbocycles. The number of para-hydroxylation sites is 1. The predicted octanol–water partition coefficient (Wildman–Crippen LogP) is 2.23. The maximum atomic E-state index is 12.4. The maximum absolute atomic E-state index is 12.4. The molecule has 3 nitrogen and oxygen atoms in total. The Morgan fingerprint density at radius 3 is 2.82 bits per heavy atom. The van der Waals surface area contributed by atoms with Crippen LogP contribution in [0.2, 0.25) is 0 Å². The van der Waals surface area contributed by atoms with E-state index < -0.39 is 0 Å². The van der Waals surface area contributed by atoms with E-state index >= 15 is 0 Å². The van der Waals surface area contributed by atoms with E-state index in [1.54, 1.807) is 0 Å². The van der Waals surface area contributed by atoms with E-state index in [1.165, 1.54) is 5.56 Å². The zero-order valence-corrected chi connectivity index (χ0v) is 9.78. The molecule has 3 rings (SSSR count). The van der Waals surface area contributed by atoms with Gasteiger partial charge in [0.2, 0.25) is 0 Å². The quantitative estimate of drug-likeness (QED) is 0.733. The summed E-state index contributed by atoms with van der Waals surface area (Å²) >= 11 is 0. The molecular weight excluding hydrogens is 216 g/mol. The Morgan fingerprint density at radius 1 is 1.18 bits per heavy atom. The van der Waals surface area contributed by atoms with Crippen LogP contribution in [0.4, 0.5) is 0 Å². The van der Waals surface area contributed by atoms with Gasteiger partial charge in [0, 0.05) is 25.6 Å². The third-order valence-electron chi connectivity index (χ3n) is 3.57. The van der Waals surface area contributed by atoms with Crippen molar-refractivity contribution in [1.29, 1.82) is 0 Å². The van der Waals surface area contributed by atoms with Gasteiger partial charge in [0.05, 0.1) is 12.2 Å². The molecule has 0 atom stereocenters. The van der Waals surface area contributed by atoms with E-state index in [0.29, 0.717) is 19.8 Å². The molecular formula is C14H16O3. The minimum atomic E-state index is 0.111. The van der Waals surface area contributed by atoms with Crippen molar-refractivity contribution in [2.75, 3.05) is 19.8 Å². The summed E-state index contributed by atoms with van der Waals surface area (Å²) in [5.74, 6) is 1.16. The summed E-state index contributed by atoms with van der Waals surface area (Å²) in [5, 5.41) is 0. The first-order valence-corrected chi connectivity index (χ1v) is 6.23. The highest BCUT2D eigenvalue weighted by Crippen LogP contribution is 2.32. The second-order valence-corrected chi connectivity index (χ2v) is 4.64. The van der Waals surface area contributed by atoms with Gasteiger partial charge in [-0.15, -0.1) is 0 Å². The number of hydrogen-bond donors (Lipinski definition) is 0. The van der Waals surface area contributed by atoms with Crippen LogP contribution in [0.1, 0.15) is 28.8 Å². The van der Waals surface area contributed by atoms with Gasteiger partial charge < -0.3 is 9.47 Å². The number of fused-ring (bicyclic) bond motifs is 1. The number of hydrogen-bond acceptors (Lipinski definition) is 3. The Balaban J connectivity index is 1.88. The molecule has 1 aromatic rings. The van der Waals surface area contributed by atoms with Gasteiger partial charge in [-0.05, 0) is 24.5 Å². The number of carbonyl (C=O) groups excluding carboxylic acids is 1. The molecule has 2 aliphatic heterocycles. The van der Waals surface area contributed by atoms with Crippen LogP contribution in [0.5, 0.6) is 5.75 Å². The van der Waals surface area contributed by atoms with E-state index in [0.717, 1.165) is 30.6 Å². The number of benzene rings is 1. The lowest BCUT2D eigenvalue weighted by atomic mass is 9.90. The summed E-state index contributed by atoms with van der Waals surface area (Å²) in [6, 6.07) is 5.89. The van der Waals surface area contributed by atoms with Crippen LogP contribution in [0.3, 0.4) is 0 Å². The molecule has 2 aliphatic rings. The van der Waals surface area contributed by atoms with E-state index in [2.05, 4.69) is 0 Å². The maximum Gasteiger partial charge on any atom is 0.169 e. The molecule has 0 aromatic heterocycles. The topological polar surface area (TPSA) is 35.5 Å². The van der Waals surface area contributed by atoms with Crippen LogP contribution >= 0.6 is 0 Å². The van der Waals surface area contributed by atoms with Crippen molar-refractivity contribution in [1.82, 2.24) is 0 Å². The van der Waals surface area contributed by atoms with Gasteiger partial charge in [0.15, 0.2) is 5.78 Å². The van der Waals surface area contributed by atoms with Crippen molar-refractivity contribution in [3.63, 3.8) is 0 Å². The molecule has 90 valence electrons. The lowest BCUT2D eigenvalue weighted by molar-refractivity contribution is 0.0543. The predicted molar refractivity (Wildman–Crippen MR) is 63.5 cm³/mol. The van der Waals surface area contributed by atoms with E-state index in [-0.39, 0.29) is 11.7 Å². The minimum Gasteiger partial charge on any atom is -0.492 e. The van der Waals surface area contributed by atoms with Crippen LogP contribution in [0.15, 0.2) is 18.2 Å². The Labute approximate surface area is 101 Å². The number of carbonyl (C=O) groups is 1. The van der Waals surface area contributed by atoms with Crippen LogP contribution in [0.25, 0.3) is 0 Å². The normalized spacial score (nSPS) is 19.8. The second kappa shape index (κ2) is 4.49. The van der Waals surface area contributed by atoms with Gasteiger partial charge in [0.25, 0.3) is 0 Å². The van der Waals surface area contributed by atoms with E-state index in [9.17, 15) is 4.79 Å². The molecule has 0 radical (unpaired) electrons. The summed E-state index contributed by atoms with van der Waals surface area (Å²) < 4.78 is 10.9. The molecule has 17 heavy (non-hydrogen) atoms. The number of ether oxygens (including phenoxy) is 2. The largest absolute Gasteiger partial charge is 0.492 e. The first-order valence-electron chi connectivity index (χ1n) is 6.23. The zero-order chi connectivity index (χ0) is 11.7. The first-order chi connectivity index (χ1) is 8.36. The minimum absolute atomic E-state index is 0.111. The van der Waals surface area contributed by atoms with Gasteiger partial charge in [-0.25, -0.2) is 0 Å². The highest BCUT2D eigenvalue weighted by atomic mass is 16.5. The highest BCUT2D eigenvalue weighted by Gasteiger charge is 2.27. The van der Waals surface area contributed by atoms with E-state index in [1.807, 2.05) is 18.2 Å². The lowest BCUT2D eigenvalue weighted by Crippen LogP contribution is -2.23. The van der Waals surface area contributed by atoms with Crippen molar-refractivity contribution >= 4 is 5.78 Å².